The Balaban J connectivity index is 2.10. The monoisotopic (exact) mass is 279 g/mol. The summed E-state index contributed by atoms with van der Waals surface area (Å²) in [7, 11) is 0. The zero-order chi connectivity index (χ0) is 13.7. The summed E-state index contributed by atoms with van der Waals surface area (Å²) >= 11 is 1.86. The quantitative estimate of drug-likeness (QED) is 0.743. The Bertz CT molecular complexity index is 371. The number of rotatable bonds is 6. The van der Waals surface area contributed by atoms with Gasteiger partial charge in [0.25, 0.3) is 0 Å². The van der Waals surface area contributed by atoms with E-state index >= 15 is 0 Å². The van der Waals surface area contributed by atoms with Gasteiger partial charge in [-0.15, -0.1) is 0 Å². The number of aryl methyl sites for hydroxylation is 1. The average molecular weight is 279 g/mol. The third-order valence-corrected chi connectivity index (χ3v) is 5.60. The van der Waals surface area contributed by atoms with Crippen LogP contribution < -0.4 is 5.32 Å². The van der Waals surface area contributed by atoms with E-state index in [2.05, 4.69) is 36.8 Å². The van der Waals surface area contributed by atoms with Crippen molar-refractivity contribution in [1.29, 1.82) is 0 Å². The molecular formula is C17H29NS. The van der Waals surface area contributed by atoms with E-state index in [0.717, 1.165) is 18.4 Å². The normalized spacial score (nSPS) is 25.4. The van der Waals surface area contributed by atoms with Gasteiger partial charge in [0.15, 0.2) is 0 Å². The molecule has 108 valence electrons. The molecule has 3 unspecified atom stereocenters. The molecule has 0 amide bonds. The summed E-state index contributed by atoms with van der Waals surface area (Å²) in [6.07, 6.45) is 8.30. The molecule has 1 N–H and O–H groups in total. The van der Waals surface area contributed by atoms with E-state index in [1.165, 1.54) is 44.1 Å². The molecule has 0 radical (unpaired) electrons. The first-order chi connectivity index (χ1) is 9.26. The van der Waals surface area contributed by atoms with E-state index in [0.29, 0.717) is 6.04 Å². The van der Waals surface area contributed by atoms with Crippen molar-refractivity contribution in [2.75, 3.05) is 6.54 Å². The molecule has 1 saturated carbocycles. The molecule has 3 atom stereocenters. The van der Waals surface area contributed by atoms with Gasteiger partial charge in [-0.3, -0.25) is 0 Å². The van der Waals surface area contributed by atoms with Crippen LogP contribution in [0.1, 0.15) is 69.5 Å². The highest BCUT2D eigenvalue weighted by atomic mass is 32.1. The van der Waals surface area contributed by atoms with E-state index < -0.39 is 0 Å². The van der Waals surface area contributed by atoms with Crippen molar-refractivity contribution < 1.29 is 0 Å². The van der Waals surface area contributed by atoms with Gasteiger partial charge >= 0.3 is 0 Å². The van der Waals surface area contributed by atoms with Crippen molar-refractivity contribution in [3.63, 3.8) is 0 Å². The summed E-state index contributed by atoms with van der Waals surface area (Å²) in [5.41, 5.74) is 3.05. The Morgan fingerprint density at radius 3 is 2.79 bits per heavy atom. The lowest BCUT2D eigenvalue weighted by atomic mass is 9.75. The van der Waals surface area contributed by atoms with Crippen molar-refractivity contribution in [2.24, 2.45) is 11.8 Å². The van der Waals surface area contributed by atoms with Crippen LogP contribution in [0.5, 0.6) is 0 Å². The summed E-state index contributed by atoms with van der Waals surface area (Å²) < 4.78 is 0. The molecule has 1 heterocycles. The van der Waals surface area contributed by atoms with Crippen LogP contribution in [0.15, 0.2) is 10.8 Å². The Kier molecular flexibility index (Phi) is 5.90. The third kappa shape index (κ3) is 3.82. The van der Waals surface area contributed by atoms with Gasteiger partial charge in [0.05, 0.1) is 0 Å². The van der Waals surface area contributed by atoms with Crippen LogP contribution in [0, 0.1) is 18.8 Å². The zero-order valence-corrected chi connectivity index (χ0v) is 13.6. The van der Waals surface area contributed by atoms with Gasteiger partial charge in [0.1, 0.15) is 0 Å². The molecule has 0 aromatic carbocycles. The lowest BCUT2D eigenvalue weighted by Crippen LogP contribution is -2.32. The van der Waals surface area contributed by atoms with Gasteiger partial charge in [0, 0.05) is 6.04 Å². The Morgan fingerprint density at radius 1 is 1.32 bits per heavy atom. The van der Waals surface area contributed by atoms with E-state index in [1.54, 1.807) is 5.56 Å². The smallest absolute Gasteiger partial charge is 0.0359 e. The molecule has 0 saturated heterocycles. The molecular weight excluding hydrogens is 250 g/mol. The fourth-order valence-electron chi connectivity index (χ4n) is 3.53. The molecule has 1 aromatic rings. The maximum absolute atomic E-state index is 3.83. The standard InChI is InChI=1S/C17H29NS/c1-4-9-18-17(16-12-19-11-13(16)3)15-8-6-7-14(5-2)10-15/h11-12,14-15,17-18H,4-10H2,1-3H3. The number of nitrogens with one attached hydrogen (secondary N) is 1. The van der Waals surface area contributed by atoms with Gasteiger partial charge in [-0.1, -0.05) is 33.1 Å². The molecule has 1 aromatic heterocycles. The lowest BCUT2D eigenvalue weighted by molar-refractivity contribution is 0.209. The van der Waals surface area contributed by atoms with Gasteiger partial charge in [-0.25, -0.2) is 0 Å². The predicted octanol–water partition coefficient (Wildman–Crippen LogP) is 5.31. The van der Waals surface area contributed by atoms with Crippen LogP contribution in [0.4, 0.5) is 0 Å². The van der Waals surface area contributed by atoms with Crippen LogP contribution in [0.3, 0.4) is 0 Å². The average Bonchev–Trinajstić information content (AvgIpc) is 2.86. The van der Waals surface area contributed by atoms with Gasteiger partial charge in [0.2, 0.25) is 0 Å². The molecule has 2 heteroatoms. The Morgan fingerprint density at radius 2 is 2.16 bits per heavy atom. The minimum absolute atomic E-state index is 0.598. The predicted molar refractivity (Wildman–Crippen MR) is 85.8 cm³/mol. The second-order valence-corrected chi connectivity index (χ2v) is 6.89. The minimum atomic E-state index is 0.598. The maximum Gasteiger partial charge on any atom is 0.0359 e. The third-order valence-electron chi connectivity index (χ3n) is 4.72. The molecule has 2 rings (SSSR count). The first-order valence-corrected chi connectivity index (χ1v) is 8.96. The van der Waals surface area contributed by atoms with E-state index in [-0.39, 0.29) is 0 Å². The van der Waals surface area contributed by atoms with Gasteiger partial charge in [-0.2, -0.15) is 11.3 Å². The van der Waals surface area contributed by atoms with E-state index in [9.17, 15) is 0 Å². The van der Waals surface area contributed by atoms with Crippen LogP contribution in [-0.4, -0.2) is 6.54 Å². The fraction of sp³-hybridized carbons (Fsp3) is 0.765. The van der Waals surface area contributed by atoms with Crippen LogP contribution in [-0.2, 0) is 0 Å². The van der Waals surface area contributed by atoms with Crippen LogP contribution >= 0.6 is 11.3 Å². The topological polar surface area (TPSA) is 12.0 Å². The minimum Gasteiger partial charge on any atom is -0.310 e. The number of thiophene rings is 1. The largest absolute Gasteiger partial charge is 0.310 e. The zero-order valence-electron chi connectivity index (χ0n) is 12.7. The Labute approximate surface area is 122 Å². The number of hydrogen-bond acceptors (Lipinski definition) is 2. The second-order valence-electron chi connectivity index (χ2n) is 6.14. The summed E-state index contributed by atoms with van der Waals surface area (Å²) in [4.78, 5) is 0. The van der Waals surface area contributed by atoms with Gasteiger partial charge in [-0.05, 0) is 66.5 Å². The fourth-order valence-corrected chi connectivity index (χ4v) is 4.41. The van der Waals surface area contributed by atoms with Crippen LogP contribution in [0.2, 0.25) is 0 Å². The molecule has 0 spiro atoms. The van der Waals surface area contributed by atoms with E-state index in [1.807, 2.05) is 11.3 Å². The van der Waals surface area contributed by atoms with E-state index in [4.69, 9.17) is 0 Å². The SMILES string of the molecule is CCCNC(c1cscc1C)C1CCCC(CC)C1. The lowest BCUT2D eigenvalue weighted by Gasteiger charge is -2.35. The van der Waals surface area contributed by atoms with Crippen molar-refractivity contribution in [2.45, 2.75) is 65.3 Å². The molecule has 19 heavy (non-hydrogen) atoms. The maximum atomic E-state index is 3.83. The highest BCUT2D eigenvalue weighted by molar-refractivity contribution is 7.08. The summed E-state index contributed by atoms with van der Waals surface area (Å²) in [6.45, 7) is 8.04. The molecule has 1 aliphatic rings. The first-order valence-electron chi connectivity index (χ1n) is 8.02. The van der Waals surface area contributed by atoms with Crippen molar-refractivity contribution in [3.8, 4) is 0 Å². The molecule has 1 nitrogen and oxygen atoms in total. The van der Waals surface area contributed by atoms with Crippen molar-refractivity contribution in [3.05, 3.63) is 21.9 Å². The summed E-state index contributed by atoms with van der Waals surface area (Å²) in [5, 5.41) is 8.51. The highest BCUT2D eigenvalue weighted by Gasteiger charge is 2.29. The number of hydrogen-bond donors (Lipinski definition) is 1. The summed E-state index contributed by atoms with van der Waals surface area (Å²) in [5.74, 6) is 1.81. The highest BCUT2D eigenvalue weighted by Crippen LogP contribution is 2.39. The molecule has 1 aliphatic carbocycles. The van der Waals surface area contributed by atoms with Gasteiger partial charge < -0.3 is 5.32 Å². The first kappa shape index (κ1) is 15.1. The van der Waals surface area contributed by atoms with Crippen LogP contribution in [0.25, 0.3) is 0 Å². The summed E-state index contributed by atoms with van der Waals surface area (Å²) in [6, 6.07) is 0.598. The second kappa shape index (κ2) is 7.44. The molecule has 1 fully saturated rings. The Hall–Kier alpha value is -0.340. The van der Waals surface area contributed by atoms with Crippen molar-refractivity contribution in [1.82, 2.24) is 5.32 Å². The molecule has 0 aliphatic heterocycles. The van der Waals surface area contributed by atoms with Crippen molar-refractivity contribution >= 4 is 11.3 Å². The molecule has 0 bridgehead atoms.